The van der Waals surface area contributed by atoms with Crippen molar-refractivity contribution in [2.45, 2.75) is 0 Å². The standard InChI is InChI=1S/C12H4F10OSi2/c13-1-3(15)7(19)11(8(20)4(1)16)24-23-25-12-9(21)5(17)2(14)6(18)10(12)22/h24-25H2. The van der Waals surface area contributed by atoms with Crippen LogP contribution < -0.4 is 10.4 Å². The number of hydrogen-bond acceptors (Lipinski definition) is 1. The Balaban J connectivity index is 2.29. The second kappa shape index (κ2) is 7.17. The van der Waals surface area contributed by atoms with Gasteiger partial charge in [0, 0.05) is 10.4 Å². The highest BCUT2D eigenvalue weighted by molar-refractivity contribution is 6.60. The molecule has 2 aromatic rings. The van der Waals surface area contributed by atoms with Gasteiger partial charge in [0.2, 0.25) is 11.6 Å². The molecule has 0 saturated carbocycles. The quantitative estimate of drug-likeness (QED) is 0.319. The van der Waals surface area contributed by atoms with Crippen molar-refractivity contribution in [3.05, 3.63) is 58.2 Å². The van der Waals surface area contributed by atoms with Gasteiger partial charge in [0.15, 0.2) is 66.1 Å². The molecule has 0 saturated heterocycles. The van der Waals surface area contributed by atoms with E-state index in [1.165, 1.54) is 0 Å². The van der Waals surface area contributed by atoms with E-state index in [0.29, 0.717) is 0 Å². The Morgan fingerprint density at radius 1 is 0.360 bits per heavy atom. The first-order chi connectivity index (χ1) is 11.6. The molecule has 0 aliphatic rings. The lowest BCUT2D eigenvalue weighted by Crippen LogP contribution is -2.35. The van der Waals surface area contributed by atoms with Gasteiger partial charge in [-0.25, -0.2) is 43.9 Å². The van der Waals surface area contributed by atoms with E-state index in [1.807, 2.05) is 0 Å². The van der Waals surface area contributed by atoms with Crippen LogP contribution in [0.4, 0.5) is 43.9 Å². The van der Waals surface area contributed by atoms with Crippen molar-refractivity contribution in [3.63, 3.8) is 0 Å². The molecular formula is C12H4F10OSi2. The van der Waals surface area contributed by atoms with Gasteiger partial charge in [-0.2, -0.15) is 0 Å². The minimum Gasteiger partial charge on any atom is -0.457 e. The maximum Gasteiger partial charge on any atom is 0.200 e. The Labute approximate surface area is 137 Å². The number of rotatable bonds is 4. The first-order valence-corrected chi connectivity index (χ1v) is 8.74. The van der Waals surface area contributed by atoms with Crippen LogP contribution >= 0.6 is 0 Å². The third-order valence-electron chi connectivity index (χ3n) is 3.09. The monoisotopic (exact) mass is 410 g/mol. The van der Waals surface area contributed by atoms with Crippen LogP contribution in [0, 0.1) is 58.2 Å². The summed E-state index contributed by atoms with van der Waals surface area (Å²) in [6.45, 7) is 0. The van der Waals surface area contributed by atoms with Crippen LogP contribution in [0.25, 0.3) is 0 Å². The minimum atomic E-state index is -2.75. The molecule has 0 radical (unpaired) electrons. The van der Waals surface area contributed by atoms with Crippen molar-refractivity contribution in [1.82, 2.24) is 0 Å². The van der Waals surface area contributed by atoms with Crippen LogP contribution in [-0.2, 0) is 4.12 Å². The third kappa shape index (κ3) is 3.30. The molecule has 0 bridgehead atoms. The van der Waals surface area contributed by atoms with E-state index in [-0.39, 0.29) is 0 Å². The SMILES string of the molecule is Fc1c(F)c(F)c([SiH2]O[SiH2]c2c(F)c(F)c(F)c(F)c2F)c(F)c1F. The van der Waals surface area contributed by atoms with Gasteiger partial charge >= 0.3 is 0 Å². The van der Waals surface area contributed by atoms with Gasteiger partial charge in [0.25, 0.3) is 0 Å². The van der Waals surface area contributed by atoms with Gasteiger partial charge in [-0.1, -0.05) is 0 Å². The topological polar surface area (TPSA) is 9.23 Å². The summed E-state index contributed by atoms with van der Waals surface area (Å²) < 4.78 is 136. The van der Waals surface area contributed by atoms with Gasteiger partial charge in [-0.05, 0) is 0 Å². The molecule has 0 N–H and O–H groups in total. The highest BCUT2D eigenvalue weighted by Gasteiger charge is 2.28. The van der Waals surface area contributed by atoms with Gasteiger partial charge in [-0.15, -0.1) is 0 Å². The van der Waals surface area contributed by atoms with Crippen LogP contribution in [0.5, 0.6) is 0 Å². The molecule has 0 amide bonds. The van der Waals surface area contributed by atoms with Crippen molar-refractivity contribution in [3.8, 4) is 0 Å². The normalized spacial score (nSPS) is 12.2. The lowest BCUT2D eigenvalue weighted by molar-refractivity contribution is 0.382. The fourth-order valence-electron chi connectivity index (χ4n) is 1.81. The third-order valence-corrected chi connectivity index (χ3v) is 6.55. The van der Waals surface area contributed by atoms with Crippen molar-refractivity contribution in [2.24, 2.45) is 0 Å². The zero-order valence-electron chi connectivity index (χ0n) is 11.6. The van der Waals surface area contributed by atoms with Gasteiger partial charge in [0.05, 0.1) is 0 Å². The Morgan fingerprint density at radius 3 is 0.800 bits per heavy atom. The molecule has 136 valence electrons. The fraction of sp³-hybridized carbons (Fsp3) is 0. The molecule has 1 nitrogen and oxygen atoms in total. The second-order valence-corrected chi connectivity index (χ2v) is 8.21. The predicted octanol–water partition coefficient (Wildman–Crippen LogP) is 1.21. The molecule has 0 unspecified atom stereocenters. The molecule has 0 aliphatic carbocycles. The average Bonchev–Trinajstić information content (AvgIpc) is 2.60. The minimum absolute atomic E-state index is 1.30. The zero-order chi connectivity index (χ0) is 19.0. The Kier molecular flexibility index (Phi) is 5.58. The van der Waals surface area contributed by atoms with Crippen LogP contribution in [0.2, 0.25) is 0 Å². The molecule has 0 fully saturated rings. The average molecular weight is 410 g/mol. The molecule has 0 atom stereocenters. The lowest BCUT2D eigenvalue weighted by Gasteiger charge is -2.10. The van der Waals surface area contributed by atoms with Crippen LogP contribution in [-0.4, -0.2) is 19.5 Å². The first-order valence-electron chi connectivity index (χ1n) is 6.17. The first kappa shape index (κ1) is 19.5. The predicted molar refractivity (Wildman–Crippen MR) is 69.9 cm³/mol. The molecule has 13 heteroatoms. The maximum absolute atomic E-state index is 13.4. The van der Waals surface area contributed by atoms with Crippen molar-refractivity contribution >= 4 is 29.9 Å². The van der Waals surface area contributed by atoms with E-state index in [2.05, 4.69) is 4.12 Å². The number of benzene rings is 2. The Hall–Kier alpha value is -1.87. The summed E-state index contributed by atoms with van der Waals surface area (Å²) >= 11 is 0. The van der Waals surface area contributed by atoms with Crippen LogP contribution in [0.3, 0.4) is 0 Å². The molecule has 25 heavy (non-hydrogen) atoms. The van der Waals surface area contributed by atoms with E-state index in [4.69, 9.17) is 0 Å². The maximum atomic E-state index is 13.4. The Morgan fingerprint density at radius 2 is 0.560 bits per heavy atom. The summed E-state index contributed by atoms with van der Waals surface area (Å²) in [7, 11) is -5.49. The summed E-state index contributed by atoms with van der Waals surface area (Å²) in [5.74, 6) is -22.4. The van der Waals surface area contributed by atoms with Gasteiger partial charge in [-0.3, -0.25) is 0 Å². The summed E-state index contributed by atoms with van der Waals surface area (Å²) in [6, 6.07) is 0. The highest BCUT2D eigenvalue weighted by Crippen LogP contribution is 2.17. The Bertz CT molecular complexity index is 729. The molecule has 0 aromatic heterocycles. The molecule has 2 rings (SSSR count). The molecule has 0 heterocycles. The van der Waals surface area contributed by atoms with E-state index < -0.39 is 88.1 Å². The van der Waals surface area contributed by atoms with Crippen LogP contribution in [0.1, 0.15) is 0 Å². The van der Waals surface area contributed by atoms with Crippen LogP contribution in [0.15, 0.2) is 0 Å². The van der Waals surface area contributed by atoms with Crippen molar-refractivity contribution in [2.75, 3.05) is 0 Å². The molecule has 0 spiro atoms. The van der Waals surface area contributed by atoms with Gasteiger partial charge in [0.1, 0.15) is 0 Å². The summed E-state index contributed by atoms with van der Waals surface area (Å²) in [4.78, 5) is 0. The van der Waals surface area contributed by atoms with E-state index in [9.17, 15) is 43.9 Å². The summed E-state index contributed by atoms with van der Waals surface area (Å²) in [5.41, 5.74) is 0. The molecule has 2 aromatic carbocycles. The number of halogens is 10. The largest absolute Gasteiger partial charge is 0.457 e. The highest BCUT2D eigenvalue weighted by atomic mass is 28.3. The fourth-order valence-corrected chi connectivity index (χ4v) is 4.98. The smallest absolute Gasteiger partial charge is 0.200 e. The number of hydrogen-bond donors (Lipinski definition) is 0. The summed E-state index contributed by atoms with van der Waals surface area (Å²) in [5, 5.41) is -2.60. The summed E-state index contributed by atoms with van der Waals surface area (Å²) in [6.07, 6.45) is 0. The molecule has 0 aliphatic heterocycles. The lowest BCUT2D eigenvalue weighted by atomic mass is 10.3. The zero-order valence-corrected chi connectivity index (χ0v) is 14.4. The van der Waals surface area contributed by atoms with Crippen molar-refractivity contribution in [1.29, 1.82) is 0 Å². The van der Waals surface area contributed by atoms with Gasteiger partial charge < -0.3 is 4.12 Å². The van der Waals surface area contributed by atoms with Crippen molar-refractivity contribution < 1.29 is 48.0 Å². The van der Waals surface area contributed by atoms with E-state index >= 15 is 0 Å². The second-order valence-electron chi connectivity index (χ2n) is 4.59. The van der Waals surface area contributed by atoms with E-state index in [1.54, 1.807) is 0 Å². The van der Waals surface area contributed by atoms with E-state index in [0.717, 1.165) is 0 Å². The molecular weight excluding hydrogens is 406 g/mol.